The number of hydrogen-bond donors (Lipinski definition) is 1. The van der Waals surface area contributed by atoms with Crippen LogP contribution in [0.2, 0.25) is 0 Å². The lowest BCUT2D eigenvalue weighted by atomic mass is 10.2. The first-order valence-electron chi connectivity index (χ1n) is 4.69. The molecule has 0 unspecified atom stereocenters. The number of imidazole rings is 1. The van der Waals surface area contributed by atoms with Gasteiger partial charge in [-0.15, -0.1) is 0 Å². The van der Waals surface area contributed by atoms with Gasteiger partial charge < -0.3 is 10.3 Å². The zero-order valence-corrected chi connectivity index (χ0v) is 8.44. The third-order valence-corrected chi connectivity index (χ3v) is 2.19. The molecule has 3 nitrogen and oxygen atoms in total. The lowest BCUT2D eigenvalue weighted by Crippen LogP contribution is -2.03. The highest BCUT2D eigenvalue weighted by Crippen LogP contribution is 2.09. The molecule has 4 heteroatoms. The van der Waals surface area contributed by atoms with Crippen LogP contribution in [0.15, 0.2) is 30.5 Å². The van der Waals surface area contributed by atoms with Gasteiger partial charge in [0.05, 0.1) is 12.2 Å². The Hall–Kier alpha value is -1.84. The highest BCUT2D eigenvalue weighted by atomic mass is 19.1. The van der Waals surface area contributed by atoms with Crippen LogP contribution in [0.1, 0.15) is 11.3 Å². The number of hydrogen-bond acceptors (Lipinski definition) is 2. The zero-order valence-electron chi connectivity index (χ0n) is 8.44. The van der Waals surface area contributed by atoms with Crippen molar-refractivity contribution in [3.63, 3.8) is 0 Å². The van der Waals surface area contributed by atoms with Crippen molar-refractivity contribution in [1.29, 1.82) is 0 Å². The van der Waals surface area contributed by atoms with Crippen molar-refractivity contribution in [2.45, 2.75) is 13.5 Å². The van der Waals surface area contributed by atoms with Crippen molar-refractivity contribution in [2.24, 2.45) is 0 Å². The monoisotopic (exact) mass is 205 g/mol. The summed E-state index contributed by atoms with van der Waals surface area (Å²) < 4.78 is 14.5. The molecule has 1 aromatic heterocycles. The minimum Gasteiger partial charge on any atom is -0.369 e. The summed E-state index contributed by atoms with van der Waals surface area (Å²) in [7, 11) is 0. The Morgan fingerprint density at radius 1 is 1.33 bits per heavy atom. The summed E-state index contributed by atoms with van der Waals surface area (Å²) in [5, 5.41) is 0. The smallest absolute Gasteiger partial charge is 0.200 e. The fourth-order valence-corrected chi connectivity index (χ4v) is 1.48. The minimum atomic E-state index is -0.228. The molecule has 2 rings (SSSR count). The van der Waals surface area contributed by atoms with E-state index in [0.29, 0.717) is 12.5 Å². The van der Waals surface area contributed by atoms with Gasteiger partial charge in [0.25, 0.3) is 0 Å². The van der Waals surface area contributed by atoms with Crippen LogP contribution in [0.5, 0.6) is 0 Å². The molecule has 0 atom stereocenters. The Labute approximate surface area is 87.4 Å². The van der Waals surface area contributed by atoms with Gasteiger partial charge in [-0.25, -0.2) is 9.37 Å². The summed E-state index contributed by atoms with van der Waals surface area (Å²) in [6.45, 7) is 2.50. The van der Waals surface area contributed by atoms with E-state index in [9.17, 15) is 4.39 Å². The van der Waals surface area contributed by atoms with Gasteiger partial charge in [-0.1, -0.05) is 12.1 Å². The first-order valence-corrected chi connectivity index (χ1v) is 4.69. The average Bonchev–Trinajstić information content (AvgIpc) is 2.49. The second kappa shape index (κ2) is 3.73. The largest absolute Gasteiger partial charge is 0.369 e. The average molecular weight is 205 g/mol. The fraction of sp³-hybridized carbons (Fsp3) is 0.182. The molecular formula is C11H12FN3. The standard InChI is InChI=1S/C11H12FN3/c1-8-6-15(11(13)14-8)7-9-2-4-10(12)5-3-9/h2-6H,7H2,1H3,(H2,13,14). The van der Waals surface area contributed by atoms with Crippen LogP contribution in [0, 0.1) is 12.7 Å². The molecule has 78 valence electrons. The lowest BCUT2D eigenvalue weighted by Gasteiger charge is -2.04. The zero-order chi connectivity index (χ0) is 10.8. The Balaban J connectivity index is 2.21. The van der Waals surface area contributed by atoms with Gasteiger partial charge in [0.1, 0.15) is 5.82 Å². The number of nitrogens with two attached hydrogens (primary N) is 1. The Bertz CT molecular complexity index is 459. The van der Waals surface area contributed by atoms with E-state index in [-0.39, 0.29) is 5.82 Å². The number of halogens is 1. The molecule has 0 amide bonds. The number of nitrogen functional groups attached to an aromatic ring is 1. The van der Waals surface area contributed by atoms with Crippen molar-refractivity contribution >= 4 is 5.95 Å². The highest BCUT2D eigenvalue weighted by molar-refractivity contribution is 5.25. The molecule has 0 aliphatic carbocycles. The number of anilines is 1. The summed E-state index contributed by atoms with van der Waals surface area (Å²) in [6.07, 6.45) is 1.87. The van der Waals surface area contributed by atoms with Gasteiger partial charge in [-0.05, 0) is 24.6 Å². The van der Waals surface area contributed by atoms with Gasteiger partial charge in [0.2, 0.25) is 5.95 Å². The first-order chi connectivity index (χ1) is 7.15. The molecule has 1 heterocycles. The molecule has 0 saturated carbocycles. The van der Waals surface area contributed by atoms with Crippen LogP contribution in [-0.4, -0.2) is 9.55 Å². The van der Waals surface area contributed by atoms with Crippen molar-refractivity contribution < 1.29 is 4.39 Å². The van der Waals surface area contributed by atoms with E-state index in [1.807, 2.05) is 17.7 Å². The van der Waals surface area contributed by atoms with Gasteiger partial charge in [0.15, 0.2) is 0 Å². The second-order valence-corrected chi connectivity index (χ2v) is 3.49. The maximum Gasteiger partial charge on any atom is 0.200 e. The molecule has 0 saturated heterocycles. The summed E-state index contributed by atoms with van der Waals surface area (Å²) in [6, 6.07) is 6.36. The van der Waals surface area contributed by atoms with E-state index in [1.165, 1.54) is 12.1 Å². The van der Waals surface area contributed by atoms with E-state index in [0.717, 1.165) is 11.3 Å². The minimum absolute atomic E-state index is 0.228. The maximum atomic E-state index is 12.7. The molecule has 0 fully saturated rings. The van der Waals surface area contributed by atoms with Crippen LogP contribution >= 0.6 is 0 Å². The van der Waals surface area contributed by atoms with E-state index in [1.54, 1.807) is 12.1 Å². The molecule has 2 N–H and O–H groups in total. The fourth-order valence-electron chi connectivity index (χ4n) is 1.48. The molecule has 0 spiro atoms. The quantitative estimate of drug-likeness (QED) is 0.814. The number of aromatic nitrogens is 2. The lowest BCUT2D eigenvalue weighted by molar-refractivity contribution is 0.626. The summed E-state index contributed by atoms with van der Waals surface area (Å²) in [5.41, 5.74) is 7.58. The van der Waals surface area contributed by atoms with E-state index in [2.05, 4.69) is 4.98 Å². The number of benzene rings is 1. The first kappa shape index (κ1) is 9.71. The van der Waals surface area contributed by atoms with Crippen molar-refractivity contribution in [3.05, 3.63) is 47.5 Å². The Kier molecular flexibility index (Phi) is 2.41. The van der Waals surface area contributed by atoms with Crippen LogP contribution in [0.3, 0.4) is 0 Å². The normalized spacial score (nSPS) is 10.5. The van der Waals surface area contributed by atoms with Gasteiger partial charge in [0, 0.05) is 6.20 Å². The van der Waals surface area contributed by atoms with Crippen molar-refractivity contribution in [3.8, 4) is 0 Å². The predicted octanol–water partition coefficient (Wildman–Crippen LogP) is 1.96. The topological polar surface area (TPSA) is 43.8 Å². The molecule has 0 radical (unpaired) electrons. The summed E-state index contributed by atoms with van der Waals surface area (Å²) in [4.78, 5) is 4.09. The number of rotatable bonds is 2. The third kappa shape index (κ3) is 2.15. The van der Waals surface area contributed by atoms with E-state index >= 15 is 0 Å². The molecular weight excluding hydrogens is 193 g/mol. The Morgan fingerprint density at radius 3 is 2.53 bits per heavy atom. The maximum absolute atomic E-state index is 12.7. The number of nitrogens with zero attached hydrogens (tertiary/aromatic N) is 2. The molecule has 15 heavy (non-hydrogen) atoms. The van der Waals surface area contributed by atoms with Crippen LogP contribution in [0.4, 0.5) is 10.3 Å². The van der Waals surface area contributed by atoms with Crippen molar-refractivity contribution in [1.82, 2.24) is 9.55 Å². The van der Waals surface area contributed by atoms with Gasteiger partial charge in [-0.2, -0.15) is 0 Å². The highest BCUT2D eigenvalue weighted by Gasteiger charge is 2.02. The third-order valence-electron chi connectivity index (χ3n) is 2.19. The molecule has 0 aliphatic rings. The van der Waals surface area contributed by atoms with Gasteiger partial charge in [-0.3, -0.25) is 0 Å². The summed E-state index contributed by atoms with van der Waals surface area (Å²) in [5.74, 6) is 0.255. The Morgan fingerprint density at radius 2 is 2.00 bits per heavy atom. The summed E-state index contributed by atoms with van der Waals surface area (Å²) >= 11 is 0. The predicted molar refractivity (Wildman–Crippen MR) is 56.9 cm³/mol. The molecule has 1 aromatic carbocycles. The van der Waals surface area contributed by atoms with Crippen LogP contribution < -0.4 is 5.73 Å². The SMILES string of the molecule is Cc1cn(Cc2ccc(F)cc2)c(N)n1. The van der Waals surface area contributed by atoms with Crippen LogP contribution in [0.25, 0.3) is 0 Å². The van der Waals surface area contributed by atoms with Gasteiger partial charge >= 0.3 is 0 Å². The number of aryl methyl sites for hydroxylation is 1. The van der Waals surface area contributed by atoms with Crippen molar-refractivity contribution in [2.75, 3.05) is 5.73 Å². The van der Waals surface area contributed by atoms with Crippen LogP contribution in [-0.2, 0) is 6.54 Å². The van der Waals surface area contributed by atoms with E-state index < -0.39 is 0 Å². The van der Waals surface area contributed by atoms with E-state index in [4.69, 9.17) is 5.73 Å². The molecule has 0 bridgehead atoms. The molecule has 2 aromatic rings. The second-order valence-electron chi connectivity index (χ2n) is 3.49. The molecule has 0 aliphatic heterocycles.